The highest BCUT2D eigenvalue weighted by molar-refractivity contribution is 5.99. The second-order valence-electron chi connectivity index (χ2n) is 5.93. The summed E-state index contributed by atoms with van der Waals surface area (Å²) in [5.74, 6) is 1.24. The minimum atomic E-state index is -0.0937. The molecular weight excluding hydrogens is 238 g/mol. The predicted molar refractivity (Wildman–Crippen MR) is 78.7 cm³/mol. The number of anilines is 2. The van der Waals surface area contributed by atoms with E-state index in [1.807, 2.05) is 0 Å². The smallest absolute Gasteiger partial charge is 0.253 e. The van der Waals surface area contributed by atoms with Crippen molar-refractivity contribution in [3.63, 3.8) is 0 Å². The molecule has 4 nitrogen and oxygen atoms in total. The van der Waals surface area contributed by atoms with Crippen molar-refractivity contribution in [2.45, 2.75) is 39.2 Å². The van der Waals surface area contributed by atoms with Crippen LogP contribution in [-0.2, 0) is 0 Å². The van der Waals surface area contributed by atoms with Crippen molar-refractivity contribution < 1.29 is 4.79 Å². The Labute approximate surface area is 114 Å². The predicted octanol–water partition coefficient (Wildman–Crippen LogP) is 2.41. The minimum Gasteiger partial charge on any atom is -0.399 e. The molecule has 0 bridgehead atoms. The topological polar surface area (TPSA) is 81.1 Å². The monoisotopic (exact) mass is 261 g/mol. The van der Waals surface area contributed by atoms with E-state index in [1.165, 1.54) is 6.42 Å². The van der Waals surface area contributed by atoms with Gasteiger partial charge in [-0.25, -0.2) is 0 Å². The average molecular weight is 261 g/mol. The Morgan fingerprint density at radius 1 is 1.16 bits per heavy atom. The van der Waals surface area contributed by atoms with E-state index in [9.17, 15) is 4.79 Å². The van der Waals surface area contributed by atoms with Gasteiger partial charge in [0.1, 0.15) is 0 Å². The summed E-state index contributed by atoms with van der Waals surface area (Å²) in [6, 6.07) is 5.27. The fraction of sp³-hybridized carbons (Fsp3) is 0.533. The van der Waals surface area contributed by atoms with Crippen LogP contribution < -0.4 is 16.8 Å². The van der Waals surface area contributed by atoms with Gasteiger partial charge in [-0.05, 0) is 49.3 Å². The molecule has 2 rings (SSSR count). The van der Waals surface area contributed by atoms with Crippen LogP contribution in [0.25, 0.3) is 0 Å². The Morgan fingerprint density at radius 2 is 1.79 bits per heavy atom. The highest BCUT2D eigenvalue weighted by Crippen LogP contribution is 2.28. The molecule has 1 fully saturated rings. The molecule has 0 aliphatic heterocycles. The molecule has 4 heteroatoms. The first-order valence-electron chi connectivity index (χ1n) is 6.91. The fourth-order valence-corrected chi connectivity index (χ4v) is 3.12. The zero-order valence-corrected chi connectivity index (χ0v) is 11.6. The Morgan fingerprint density at radius 3 is 2.37 bits per heavy atom. The van der Waals surface area contributed by atoms with E-state index in [1.54, 1.807) is 18.2 Å². The number of carbonyl (C=O) groups excluding carboxylic acids is 1. The summed E-state index contributed by atoms with van der Waals surface area (Å²) < 4.78 is 0. The SMILES string of the molecule is CC1CC(C)CC(NC(=O)c2ccc(N)cc2N)C1. The number of rotatable bonds is 2. The van der Waals surface area contributed by atoms with Crippen molar-refractivity contribution in [2.24, 2.45) is 11.8 Å². The van der Waals surface area contributed by atoms with Crippen LogP contribution in [0.2, 0.25) is 0 Å². The van der Waals surface area contributed by atoms with Crippen LogP contribution in [0.4, 0.5) is 11.4 Å². The molecule has 0 saturated heterocycles. The van der Waals surface area contributed by atoms with Crippen molar-refractivity contribution in [3.05, 3.63) is 23.8 Å². The average Bonchev–Trinajstić information content (AvgIpc) is 2.26. The summed E-state index contributed by atoms with van der Waals surface area (Å²) in [7, 11) is 0. The van der Waals surface area contributed by atoms with Gasteiger partial charge in [-0.15, -0.1) is 0 Å². The number of carbonyl (C=O) groups is 1. The third-order valence-corrected chi connectivity index (χ3v) is 3.83. The quantitative estimate of drug-likeness (QED) is 0.715. The molecule has 2 unspecified atom stereocenters. The third-order valence-electron chi connectivity index (χ3n) is 3.83. The first-order chi connectivity index (χ1) is 8.95. The number of nitrogens with one attached hydrogen (secondary N) is 1. The van der Waals surface area contributed by atoms with Crippen molar-refractivity contribution in [2.75, 3.05) is 11.5 Å². The minimum absolute atomic E-state index is 0.0937. The summed E-state index contributed by atoms with van der Waals surface area (Å²) in [5.41, 5.74) is 13.0. The molecule has 0 spiro atoms. The number of amides is 1. The van der Waals surface area contributed by atoms with E-state index in [0.29, 0.717) is 28.8 Å². The molecule has 2 atom stereocenters. The standard InChI is InChI=1S/C15H23N3O/c1-9-5-10(2)7-12(6-9)18-15(19)13-4-3-11(16)8-14(13)17/h3-4,8-10,12H,5-7,16-17H2,1-2H3,(H,18,19). The molecule has 1 aliphatic rings. The van der Waals surface area contributed by atoms with Gasteiger partial charge in [0.15, 0.2) is 0 Å². The maximum atomic E-state index is 12.2. The third kappa shape index (κ3) is 3.40. The van der Waals surface area contributed by atoms with Crippen molar-refractivity contribution in [1.29, 1.82) is 0 Å². The van der Waals surface area contributed by atoms with Crippen molar-refractivity contribution in [3.8, 4) is 0 Å². The van der Waals surface area contributed by atoms with Gasteiger partial charge in [-0.2, -0.15) is 0 Å². The normalized spacial score (nSPS) is 26.9. The Bertz CT molecular complexity index is 462. The molecule has 19 heavy (non-hydrogen) atoms. The molecule has 0 aromatic heterocycles. The summed E-state index contributed by atoms with van der Waals surface area (Å²) in [6.45, 7) is 4.48. The highest BCUT2D eigenvalue weighted by atomic mass is 16.1. The summed E-state index contributed by atoms with van der Waals surface area (Å²) in [4.78, 5) is 12.2. The molecule has 0 heterocycles. The lowest BCUT2D eigenvalue weighted by Gasteiger charge is -2.32. The molecule has 1 saturated carbocycles. The number of benzene rings is 1. The largest absolute Gasteiger partial charge is 0.399 e. The van der Waals surface area contributed by atoms with Gasteiger partial charge < -0.3 is 16.8 Å². The van der Waals surface area contributed by atoms with E-state index in [-0.39, 0.29) is 11.9 Å². The van der Waals surface area contributed by atoms with Gasteiger partial charge in [0.05, 0.1) is 5.56 Å². The Hall–Kier alpha value is -1.71. The first kappa shape index (κ1) is 13.7. The van der Waals surface area contributed by atoms with Gasteiger partial charge in [0, 0.05) is 17.4 Å². The Balaban J connectivity index is 2.04. The molecule has 5 N–H and O–H groups in total. The van der Waals surface area contributed by atoms with Gasteiger partial charge in [0.2, 0.25) is 0 Å². The number of hydrogen-bond donors (Lipinski definition) is 3. The van der Waals surface area contributed by atoms with Gasteiger partial charge >= 0.3 is 0 Å². The van der Waals surface area contributed by atoms with Gasteiger partial charge in [-0.1, -0.05) is 13.8 Å². The van der Waals surface area contributed by atoms with Gasteiger partial charge in [-0.3, -0.25) is 4.79 Å². The molecule has 1 amide bonds. The van der Waals surface area contributed by atoms with Crippen molar-refractivity contribution in [1.82, 2.24) is 5.32 Å². The Kier molecular flexibility index (Phi) is 3.98. The number of hydrogen-bond acceptors (Lipinski definition) is 3. The maximum Gasteiger partial charge on any atom is 0.253 e. The van der Waals surface area contributed by atoms with Crippen LogP contribution in [0.15, 0.2) is 18.2 Å². The lowest BCUT2D eigenvalue weighted by Crippen LogP contribution is -2.40. The molecule has 0 radical (unpaired) electrons. The summed E-state index contributed by atoms with van der Waals surface area (Å²) in [5, 5.41) is 3.10. The van der Waals surface area contributed by atoms with Crippen LogP contribution in [-0.4, -0.2) is 11.9 Å². The second-order valence-corrected chi connectivity index (χ2v) is 5.93. The molecule has 1 aromatic carbocycles. The number of nitrogens with two attached hydrogens (primary N) is 2. The van der Waals surface area contributed by atoms with E-state index in [4.69, 9.17) is 11.5 Å². The molecular formula is C15H23N3O. The van der Waals surface area contributed by atoms with Crippen LogP contribution >= 0.6 is 0 Å². The summed E-state index contributed by atoms with van der Waals surface area (Å²) >= 11 is 0. The fourth-order valence-electron chi connectivity index (χ4n) is 3.12. The van der Waals surface area contributed by atoms with E-state index in [2.05, 4.69) is 19.2 Å². The zero-order chi connectivity index (χ0) is 14.0. The second kappa shape index (κ2) is 5.51. The zero-order valence-electron chi connectivity index (χ0n) is 11.6. The lowest BCUT2D eigenvalue weighted by molar-refractivity contribution is 0.0912. The number of nitrogen functional groups attached to an aromatic ring is 2. The lowest BCUT2D eigenvalue weighted by atomic mass is 9.80. The van der Waals surface area contributed by atoms with Crippen LogP contribution in [0.1, 0.15) is 43.5 Å². The van der Waals surface area contributed by atoms with Gasteiger partial charge in [0.25, 0.3) is 5.91 Å². The molecule has 104 valence electrons. The van der Waals surface area contributed by atoms with E-state index in [0.717, 1.165) is 12.8 Å². The van der Waals surface area contributed by atoms with Crippen LogP contribution in [0.3, 0.4) is 0 Å². The highest BCUT2D eigenvalue weighted by Gasteiger charge is 2.25. The van der Waals surface area contributed by atoms with E-state index >= 15 is 0 Å². The van der Waals surface area contributed by atoms with Crippen molar-refractivity contribution >= 4 is 17.3 Å². The maximum absolute atomic E-state index is 12.2. The van der Waals surface area contributed by atoms with E-state index < -0.39 is 0 Å². The molecule has 1 aliphatic carbocycles. The van der Waals surface area contributed by atoms with Crippen LogP contribution in [0, 0.1) is 11.8 Å². The summed E-state index contributed by atoms with van der Waals surface area (Å²) in [6.07, 6.45) is 3.34. The first-order valence-corrected chi connectivity index (χ1v) is 6.91. The molecule has 1 aromatic rings. The van der Waals surface area contributed by atoms with Crippen LogP contribution in [0.5, 0.6) is 0 Å².